The summed E-state index contributed by atoms with van der Waals surface area (Å²) in [7, 11) is 0. The van der Waals surface area contributed by atoms with Crippen molar-refractivity contribution in [3.05, 3.63) is 36.7 Å². The van der Waals surface area contributed by atoms with Gasteiger partial charge in [-0.25, -0.2) is 18.7 Å². The third kappa shape index (κ3) is 4.24. The molecule has 0 atom stereocenters. The number of halogens is 2. The van der Waals surface area contributed by atoms with Gasteiger partial charge in [-0.05, 0) is 43.9 Å². The minimum Gasteiger partial charge on any atom is -0.474 e. The Morgan fingerprint density at radius 2 is 2.00 bits per heavy atom. The molecule has 0 aliphatic heterocycles. The molecular formula is C19H18F2N4O3. The summed E-state index contributed by atoms with van der Waals surface area (Å²) in [5, 5.41) is 4.01. The van der Waals surface area contributed by atoms with E-state index in [1.807, 2.05) is 6.07 Å². The Morgan fingerprint density at radius 1 is 1.14 bits per heavy atom. The second kappa shape index (κ2) is 8.28. The molecule has 0 spiro atoms. The van der Waals surface area contributed by atoms with Gasteiger partial charge in [-0.2, -0.15) is 4.98 Å². The van der Waals surface area contributed by atoms with Crippen molar-refractivity contribution in [1.29, 1.82) is 0 Å². The lowest BCUT2D eigenvalue weighted by Crippen LogP contribution is -2.12. The molecular weight excluding hydrogens is 370 g/mol. The Kier molecular flexibility index (Phi) is 5.41. The van der Waals surface area contributed by atoms with Gasteiger partial charge in [0.1, 0.15) is 6.10 Å². The van der Waals surface area contributed by atoms with Crippen LogP contribution in [0.5, 0.6) is 11.8 Å². The van der Waals surface area contributed by atoms with E-state index in [1.54, 1.807) is 18.3 Å². The largest absolute Gasteiger partial charge is 0.474 e. The van der Waals surface area contributed by atoms with Crippen LogP contribution in [-0.2, 0) is 0 Å². The number of rotatable bonds is 7. The van der Waals surface area contributed by atoms with Crippen LogP contribution in [0.1, 0.15) is 25.7 Å². The van der Waals surface area contributed by atoms with E-state index in [0.29, 0.717) is 22.8 Å². The van der Waals surface area contributed by atoms with Crippen LogP contribution >= 0.6 is 0 Å². The highest BCUT2D eigenvalue weighted by Crippen LogP contribution is 2.31. The number of nitrogens with zero attached hydrogens (tertiary/aromatic N) is 4. The third-order valence-electron chi connectivity index (χ3n) is 4.36. The highest BCUT2D eigenvalue weighted by molar-refractivity contribution is 5.64. The number of hydrogen-bond acceptors (Lipinski definition) is 7. The first-order chi connectivity index (χ1) is 13.7. The maximum Gasteiger partial charge on any atom is 0.272 e. The molecule has 1 aliphatic rings. The number of pyridine rings is 2. The van der Waals surface area contributed by atoms with Gasteiger partial charge in [0.05, 0.1) is 5.56 Å². The zero-order valence-corrected chi connectivity index (χ0v) is 14.9. The summed E-state index contributed by atoms with van der Waals surface area (Å²) in [5.74, 6) is 1.08. The molecule has 3 aromatic heterocycles. The van der Waals surface area contributed by atoms with Gasteiger partial charge in [-0.15, -0.1) is 0 Å². The van der Waals surface area contributed by atoms with Crippen LogP contribution in [0.2, 0.25) is 0 Å². The molecule has 4 rings (SSSR count). The maximum atomic E-state index is 12.3. The van der Waals surface area contributed by atoms with Gasteiger partial charge in [-0.1, -0.05) is 5.16 Å². The number of aromatic nitrogens is 4. The maximum absolute atomic E-state index is 12.3. The van der Waals surface area contributed by atoms with Crippen molar-refractivity contribution in [2.45, 2.75) is 38.2 Å². The molecule has 1 saturated carbocycles. The van der Waals surface area contributed by atoms with Gasteiger partial charge in [0.2, 0.25) is 17.6 Å². The van der Waals surface area contributed by atoms with Crippen LogP contribution in [0.3, 0.4) is 0 Å². The van der Waals surface area contributed by atoms with E-state index in [-0.39, 0.29) is 17.9 Å². The molecule has 7 nitrogen and oxygen atoms in total. The SMILES string of the molecule is FC(F)COc1cc(-c2nc(-c3cccnc3OC3CCCC3)no2)ccn1. The van der Waals surface area contributed by atoms with Gasteiger partial charge in [0, 0.05) is 24.0 Å². The monoisotopic (exact) mass is 388 g/mol. The van der Waals surface area contributed by atoms with Crippen molar-refractivity contribution in [3.63, 3.8) is 0 Å². The third-order valence-corrected chi connectivity index (χ3v) is 4.36. The molecule has 1 fully saturated rings. The fourth-order valence-electron chi connectivity index (χ4n) is 3.04. The Hall–Kier alpha value is -3.10. The molecule has 146 valence electrons. The predicted molar refractivity (Wildman–Crippen MR) is 95.1 cm³/mol. The van der Waals surface area contributed by atoms with E-state index in [1.165, 1.54) is 12.3 Å². The topological polar surface area (TPSA) is 83.2 Å². The van der Waals surface area contributed by atoms with E-state index in [9.17, 15) is 8.78 Å². The standard InChI is InChI=1S/C19H18F2N4O3/c20-15(21)11-26-16-10-12(7-9-22-16)18-24-17(25-28-18)14-6-3-8-23-19(14)27-13-4-1-2-5-13/h3,6-10,13,15H,1-2,4-5,11H2. The summed E-state index contributed by atoms with van der Waals surface area (Å²) < 4.78 is 40.9. The highest BCUT2D eigenvalue weighted by atomic mass is 19.3. The number of hydrogen-bond donors (Lipinski definition) is 0. The van der Waals surface area contributed by atoms with Crippen LogP contribution in [0.25, 0.3) is 22.8 Å². The van der Waals surface area contributed by atoms with Gasteiger partial charge in [0.25, 0.3) is 12.3 Å². The molecule has 0 bridgehead atoms. The van der Waals surface area contributed by atoms with E-state index in [2.05, 4.69) is 20.1 Å². The second-order valence-electron chi connectivity index (χ2n) is 6.39. The first kappa shape index (κ1) is 18.3. The Balaban J connectivity index is 1.56. The lowest BCUT2D eigenvalue weighted by atomic mass is 10.2. The first-order valence-electron chi connectivity index (χ1n) is 9.02. The van der Waals surface area contributed by atoms with Crippen molar-refractivity contribution < 1.29 is 22.8 Å². The van der Waals surface area contributed by atoms with Crippen LogP contribution in [-0.4, -0.2) is 39.2 Å². The Morgan fingerprint density at radius 3 is 2.82 bits per heavy atom. The number of ether oxygens (including phenoxy) is 2. The summed E-state index contributed by atoms with van der Waals surface area (Å²) in [5.41, 5.74) is 1.15. The molecule has 3 heterocycles. The molecule has 0 radical (unpaired) electrons. The molecule has 1 aliphatic carbocycles. The molecule has 0 saturated heterocycles. The number of alkyl halides is 2. The molecule has 0 amide bonds. The van der Waals surface area contributed by atoms with Crippen LogP contribution in [0.15, 0.2) is 41.2 Å². The summed E-state index contributed by atoms with van der Waals surface area (Å²) >= 11 is 0. The van der Waals surface area contributed by atoms with Crippen molar-refractivity contribution in [2.75, 3.05) is 6.61 Å². The van der Waals surface area contributed by atoms with Crippen molar-refractivity contribution in [3.8, 4) is 34.6 Å². The van der Waals surface area contributed by atoms with Crippen LogP contribution in [0.4, 0.5) is 8.78 Å². The molecule has 28 heavy (non-hydrogen) atoms. The normalized spacial score (nSPS) is 14.5. The molecule has 3 aromatic rings. The highest BCUT2D eigenvalue weighted by Gasteiger charge is 2.21. The van der Waals surface area contributed by atoms with Crippen molar-refractivity contribution >= 4 is 0 Å². The Labute approximate surface area is 159 Å². The lowest BCUT2D eigenvalue weighted by molar-refractivity contribution is 0.0796. The average molecular weight is 388 g/mol. The Bertz CT molecular complexity index is 929. The van der Waals surface area contributed by atoms with Gasteiger partial charge in [0.15, 0.2) is 6.61 Å². The minimum absolute atomic E-state index is 0.0594. The zero-order valence-electron chi connectivity index (χ0n) is 14.9. The fourth-order valence-corrected chi connectivity index (χ4v) is 3.04. The van der Waals surface area contributed by atoms with Gasteiger partial charge >= 0.3 is 0 Å². The lowest BCUT2D eigenvalue weighted by Gasteiger charge is -2.13. The van der Waals surface area contributed by atoms with Crippen molar-refractivity contribution in [1.82, 2.24) is 20.1 Å². The van der Waals surface area contributed by atoms with E-state index < -0.39 is 13.0 Å². The van der Waals surface area contributed by atoms with Gasteiger partial charge < -0.3 is 14.0 Å². The smallest absolute Gasteiger partial charge is 0.272 e. The average Bonchev–Trinajstić information content (AvgIpc) is 3.39. The van der Waals surface area contributed by atoms with Crippen LogP contribution < -0.4 is 9.47 Å². The quantitative estimate of drug-likeness (QED) is 0.601. The molecule has 9 heteroatoms. The predicted octanol–water partition coefficient (Wildman–Crippen LogP) is 4.16. The minimum atomic E-state index is -2.58. The second-order valence-corrected chi connectivity index (χ2v) is 6.39. The molecule has 0 aromatic carbocycles. The summed E-state index contributed by atoms with van der Waals surface area (Å²) in [4.78, 5) is 12.6. The van der Waals surface area contributed by atoms with E-state index in [0.717, 1.165) is 25.7 Å². The molecule has 0 N–H and O–H groups in total. The fraction of sp³-hybridized carbons (Fsp3) is 0.368. The molecule has 0 unspecified atom stereocenters. The van der Waals surface area contributed by atoms with Crippen LogP contribution in [0, 0.1) is 0 Å². The van der Waals surface area contributed by atoms with Crippen molar-refractivity contribution in [2.24, 2.45) is 0 Å². The summed E-state index contributed by atoms with van der Waals surface area (Å²) in [6, 6.07) is 6.69. The van der Waals surface area contributed by atoms with E-state index in [4.69, 9.17) is 14.0 Å². The first-order valence-corrected chi connectivity index (χ1v) is 9.02. The summed E-state index contributed by atoms with van der Waals surface area (Å²) in [6.07, 6.45) is 4.97. The van der Waals surface area contributed by atoms with E-state index >= 15 is 0 Å². The zero-order chi connectivity index (χ0) is 19.3. The van der Waals surface area contributed by atoms with Gasteiger partial charge in [-0.3, -0.25) is 0 Å². The summed E-state index contributed by atoms with van der Waals surface area (Å²) in [6.45, 7) is -0.733.